The van der Waals surface area contributed by atoms with E-state index in [0.29, 0.717) is 24.6 Å². The van der Waals surface area contributed by atoms with Crippen molar-refractivity contribution >= 4 is 47.2 Å². The van der Waals surface area contributed by atoms with Crippen LogP contribution in [0.4, 0.5) is 0 Å². The Morgan fingerprint density at radius 3 is 1.45 bits per heavy atom. The molecule has 0 aromatic heterocycles. The van der Waals surface area contributed by atoms with Gasteiger partial charge in [-0.25, -0.2) is 0 Å². The Labute approximate surface area is 138 Å². The minimum Gasteiger partial charge on any atom is -0.282 e. The maximum absolute atomic E-state index is 11.9. The van der Waals surface area contributed by atoms with Crippen molar-refractivity contribution in [3.63, 3.8) is 0 Å². The first kappa shape index (κ1) is 17.3. The van der Waals surface area contributed by atoms with Gasteiger partial charge in [0.15, 0.2) is 0 Å². The molecule has 0 aliphatic carbocycles. The third kappa shape index (κ3) is 3.48. The van der Waals surface area contributed by atoms with Gasteiger partial charge in [-0.2, -0.15) is 0 Å². The summed E-state index contributed by atoms with van der Waals surface area (Å²) in [6.07, 6.45) is 0.541. The number of imide groups is 2. The summed E-state index contributed by atoms with van der Waals surface area (Å²) in [5, 5.41) is -0.581. The number of rotatable bonds is 7. The zero-order valence-corrected chi connectivity index (χ0v) is 14.4. The maximum Gasteiger partial charge on any atom is 0.242 e. The van der Waals surface area contributed by atoms with E-state index < -0.39 is 0 Å². The largest absolute Gasteiger partial charge is 0.282 e. The van der Waals surface area contributed by atoms with Crippen LogP contribution >= 0.6 is 23.5 Å². The van der Waals surface area contributed by atoms with Gasteiger partial charge in [-0.1, -0.05) is 0 Å². The second-order valence-electron chi connectivity index (χ2n) is 5.08. The first-order valence-electron chi connectivity index (χ1n) is 7.41. The third-order valence-electron chi connectivity index (χ3n) is 3.76. The van der Waals surface area contributed by atoms with E-state index in [4.69, 9.17) is 0 Å². The highest BCUT2D eigenvalue weighted by molar-refractivity contribution is 8.04. The lowest BCUT2D eigenvalue weighted by atomic mass is 10.4. The van der Waals surface area contributed by atoms with Crippen molar-refractivity contribution in [3.8, 4) is 0 Å². The number of hydrogen-bond acceptors (Lipinski definition) is 6. The average molecular weight is 344 g/mol. The molecule has 8 heteroatoms. The Hall–Kier alpha value is -1.02. The summed E-state index contributed by atoms with van der Waals surface area (Å²) in [6.45, 7) is 4.44. The van der Waals surface area contributed by atoms with Gasteiger partial charge in [0.05, 0.1) is 10.5 Å². The highest BCUT2D eigenvalue weighted by atomic mass is 32.2. The maximum atomic E-state index is 11.9. The van der Waals surface area contributed by atoms with Gasteiger partial charge in [-0.05, 0) is 13.8 Å². The molecule has 2 heterocycles. The van der Waals surface area contributed by atoms with Crippen LogP contribution < -0.4 is 0 Å². The topological polar surface area (TPSA) is 74.8 Å². The molecule has 2 aliphatic rings. The lowest BCUT2D eigenvalue weighted by Gasteiger charge is -2.13. The van der Waals surface area contributed by atoms with Crippen LogP contribution in [0.1, 0.15) is 26.7 Å². The van der Waals surface area contributed by atoms with E-state index in [1.807, 2.05) is 0 Å². The minimum atomic E-state index is -0.291. The standard InChI is InChI=1S/C14H20N2O4S2/c1-3-15-11(17)7-9(13(15)19)21-5-6-22-10-8-12(18)16(4-2)14(10)20/h9-10H,3-8H2,1-2H3/t9-,10-/m0/s1. The molecule has 2 saturated heterocycles. The SMILES string of the molecule is CCN1C(=O)C[C@H](SCCS[C@H]2CC(=O)N(CC)C2=O)C1=O. The monoisotopic (exact) mass is 344 g/mol. The highest BCUT2D eigenvalue weighted by Crippen LogP contribution is 2.29. The molecule has 0 aromatic rings. The van der Waals surface area contributed by atoms with Gasteiger partial charge in [0.1, 0.15) is 0 Å². The van der Waals surface area contributed by atoms with Crippen molar-refractivity contribution in [2.75, 3.05) is 24.6 Å². The molecule has 0 bridgehead atoms. The number of amides is 4. The fraction of sp³-hybridized carbons (Fsp3) is 0.714. The van der Waals surface area contributed by atoms with Gasteiger partial charge >= 0.3 is 0 Å². The van der Waals surface area contributed by atoms with Crippen molar-refractivity contribution in [1.29, 1.82) is 0 Å². The molecule has 22 heavy (non-hydrogen) atoms. The van der Waals surface area contributed by atoms with Gasteiger partial charge in [0, 0.05) is 37.4 Å². The van der Waals surface area contributed by atoms with Gasteiger partial charge in [-0.15, -0.1) is 23.5 Å². The summed E-state index contributed by atoms with van der Waals surface area (Å²) in [7, 11) is 0. The summed E-state index contributed by atoms with van der Waals surface area (Å²) in [5.74, 6) is 0.964. The van der Waals surface area contributed by atoms with Gasteiger partial charge in [0.25, 0.3) is 0 Å². The van der Waals surface area contributed by atoms with Crippen molar-refractivity contribution in [2.45, 2.75) is 37.2 Å². The van der Waals surface area contributed by atoms with Crippen LogP contribution in [0.25, 0.3) is 0 Å². The summed E-state index contributed by atoms with van der Waals surface area (Å²) < 4.78 is 0. The molecule has 122 valence electrons. The van der Waals surface area contributed by atoms with Crippen molar-refractivity contribution < 1.29 is 19.2 Å². The van der Waals surface area contributed by atoms with Crippen LogP contribution in [0.2, 0.25) is 0 Å². The lowest BCUT2D eigenvalue weighted by molar-refractivity contribution is -0.139. The predicted molar refractivity (Wildman–Crippen MR) is 86.5 cm³/mol. The third-order valence-corrected chi connectivity index (χ3v) is 6.44. The Bertz CT molecular complexity index is 453. The minimum absolute atomic E-state index is 0.104. The zero-order chi connectivity index (χ0) is 16.3. The molecule has 2 rings (SSSR count). The summed E-state index contributed by atoms with van der Waals surface area (Å²) in [4.78, 5) is 49.7. The molecule has 0 aromatic carbocycles. The van der Waals surface area contributed by atoms with Crippen molar-refractivity contribution in [1.82, 2.24) is 9.80 Å². The van der Waals surface area contributed by atoms with Crippen LogP contribution in [-0.2, 0) is 19.2 Å². The fourth-order valence-electron chi connectivity index (χ4n) is 2.61. The zero-order valence-electron chi connectivity index (χ0n) is 12.7. The van der Waals surface area contributed by atoms with E-state index in [2.05, 4.69) is 0 Å². The number of carbonyl (C=O) groups excluding carboxylic acids is 4. The van der Waals surface area contributed by atoms with Crippen LogP contribution in [0, 0.1) is 0 Å². The van der Waals surface area contributed by atoms with Gasteiger partial charge in [-0.3, -0.25) is 29.0 Å². The molecule has 0 saturated carbocycles. The first-order chi connectivity index (χ1) is 10.5. The highest BCUT2D eigenvalue weighted by Gasteiger charge is 2.39. The normalized spacial score (nSPS) is 25.7. The number of hydrogen-bond donors (Lipinski definition) is 0. The summed E-state index contributed by atoms with van der Waals surface area (Å²) in [6, 6.07) is 0. The Morgan fingerprint density at radius 1 is 0.818 bits per heavy atom. The lowest BCUT2D eigenvalue weighted by Crippen LogP contribution is -2.31. The van der Waals surface area contributed by atoms with Crippen molar-refractivity contribution in [2.24, 2.45) is 0 Å². The molecule has 0 unspecified atom stereocenters. The predicted octanol–water partition coefficient (Wildman–Crippen LogP) is 0.748. The van der Waals surface area contributed by atoms with E-state index in [1.54, 1.807) is 13.8 Å². The van der Waals surface area contributed by atoms with Gasteiger partial charge in [0.2, 0.25) is 23.6 Å². The van der Waals surface area contributed by atoms with Crippen LogP contribution in [0.5, 0.6) is 0 Å². The number of carbonyl (C=O) groups is 4. The van der Waals surface area contributed by atoms with Crippen LogP contribution in [0.3, 0.4) is 0 Å². The Kier molecular flexibility index (Phi) is 5.91. The summed E-state index contributed by atoms with van der Waals surface area (Å²) >= 11 is 2.93. The summed E-state index contributed by atoms with van der Waals surface area (Å²) in [5.41, 5.74) is 0. The molecule has 2 fully saturated rings. The smallest absolute Gasteiger partial charge is 0.242 e. The fourth-order valence-corrected chi connectivity index (χ4v) is 5.01. The molecule has 0 N–H and O–H groups in total. The first-order valence-corrected chi connectivity index (χ1v) is 9.50. The van der Waals surface area contributed by atoms with E-state index in [-0.39, 0.29) is 47.0 Å². The average Bonchev–Trinajstić information content (AvgIpc) is 2.91. The molecule has 2 aliphatic heterocycles. The quantitative estimate of drug-likeness (QED) is 0.501. The number of nitrogens with zero attached hydrogens (tertiary/aromatic N) is 2. The molecule has 2 atom stereocenters. The van der Waals surface area contributed by atoms with E-state index in [0.717, 1.165) is 0 Å². The van der Waals surface area contributed by atoms with Crippen molar-refractivity contribution in [3.05, 3.63) is 0 Å². The molecule has 0 radical (unpaired) electrons. The molecule has 6 nitrogen and oxygen atoms in total. The second-order valence-corrected chi connectivity index (χ2v) is 7.70. The van der Waals surface area contributed by atoms with E-state index in [1.165, 1.54) is 33.3 Å². The molecule has 4 amide bonds. The van der Waals surface area contributed by atoms with E-state index >= 15 is 0 Å². The molecule has 0 spiro atoms. The molecular weight excluding hydrogens is 324 g/mol. The molecular formula is C14H20N2O4S2. The Morgan fingerprint density at radius 2 is 1.18 bits per heavy atom. The second kappa shape index (κ2) is 7.50. The number of likely N-dealkylation sites (tertiary alicyclic amines) is 2. The van der Waals surface area contributed by atoms with E-state index in [9.17, 15) is 19.2 Å². The van der Waals surface area contributed by atoms with Crippen LogP contribution in [-0.4, -0.2) is 68.5 Å². The van der Waals surface area contributed by atoms with Crippen LogP contribution in [0.15, 0.2) is 0 Å². The van der Waals surface area contributed by atoms with Gasteiger partial charge < -0.3 is 0 Å². The number of thioether (sulfide) groups is 2. The Balaban J connectivity index is 1.72.